The molecule has 0 saturated carbocycles. The number of nitrogens with zero attached hydrogens (tertiary/aromatic N) is 1. The molecule has 0 aliphatic rings. The van der Waals surface area contributed by atoms with Gasteiger partial charge in [-0.15, -0.1) is 6.58 Å². The fourth-order valence-corrected chi connectivity index (χ4v) is 1.49. The molecule has 0 bridgehead atoms. The van der Waals surface area contributed by atoms with Gasteiger partial charge in [0.05, 0.1) is 11.0 Å². The van der Waals surface area contributed by atoms with E-state index in [1.54, 1.807) is 0 Å². The Hall–Kier alpha value is -2.41. The summed E-state index contributed by atoms with van der Waals surface area (Å²) in [7, 11) is 0. The Balaban J connectivity index is 2.81. The Morgan fingerprint density at radius 2 is 2.35 bits per heavy atom. The van der Waals surface area contributed by atoms with Crippen molar-refractivity contribution in [3.05, 3.63) is 46.5 Å². The van der Waals surface area contributed by atoms with Crippen LogP contribution in [0.15, 0.2) is 30.9 Å². The van der Waals surface area contributed by atoms with Crippen LogP contribution in [-0.4, -0.2) is 29.1 Å². The highest BCUT2D eigenvalue weighted by molar-refractivity contribution is 5.77. The van der Waals surface area contributed by atoms with Gasteiger partial charge in [0, 0.05) is 24.2 Å². The van der Waals surface area contributed by atoms with E-state index in [9.17, 15) is 20.0 Å². The van der Waals surface area contributed by atoms with Crippen molar-refractivity contribution in [2.45, 2.75) is 13.0 Å². The number of aliphatic hydroxyl groups is 1. The maximum absolute atomic E-state index is 11.4. The van der Waals surface area contributed by atoms with E-state index < -0.39 is 11.0 Å². The van der Waals surface area contributed by atoms with Gasteiger partial charge in [0.2, 0.25) is 0 Å². The highest BCUT2D eigenvalue weighted by Gasteiger charge is 2.16. The molecule has 1 aromatic carbocycles. The summed E-state index contributed by atoms with van der Waals surface area (Å²) in [5.41, 5.74) is 0.111. The van der Waals surface area contributed by atoms with Crippen LogP contribution >= 0.6 is 0 Å². The van der Waals surface area contributed by atoms with Crippen molar-refractivity contribution in [3.8, 4) is 5.75 Å². The average molecular weight is 280 g/mol. The predicted octanol–water partition coefficient (Wildman–Crippen LogP) is 1.33. The van der Waals surface area contributed by atoms with Crippen molar-refractivity contribution in [3.63, 3.8) is 0 Å². The Bertz CT molecular complexity index is 513. The van der Waals surface area contributed by atoms with E-state index in [2.05, 4.69) is 11.9 Å². The summed E-state index contributed by atoms with van der Waals surface area (Å²) in [4.78, 5) is 21.5. The first kappa shape index (κ1) is 15.6. The number of carbonyl (C=O) groups is 1. The lowest BCUT2D eigenvalue weighted by atomic mass is 10.1. The van der Waals surface area contributed by atoms with Crippen LogP contribution in [0.25, 0.3) is 0 Å². The smallest absolute Gasteiger partial charge is 0.270 e. The van der Waals surface area contributed by atoms with Crippen molar-refractivity contribution in [2.24, 2.45) is 0 Å². The highest BCUT2D eigenvalue weighted by atomic mass is 16.6. The number of benzene rings is 1. The molecule has 0 aliphatic carbocycles. The molecule has 7 nitrogen and oxygen atoms in total. The van der Waals surface area contributed by atoms with Crippen LogP contribution in [0.4, 0.5) is 5.69 Å². The van der Waals surface area contributed by atoms with Crippen LogP contribution in [0, 0.1) is 10.1 Å². The normalized spacial score (nSPS) is 11.5. The Kier molecular flexibility index (Phi) is 5.67. The quantitative estimate of drug-likeness (QED) is 0.445. The standard InChI is InChI=1S/C13H16N2O5/c1-3-6-14-13(17)8-20-12-5-4-10(15(18)19)7-11(12)9(2)16/h3-5,7,9,16H,1,6,8H2,2H3,(H,14,17)/t9-/m0/s1. The molecule has 0 aliphatic heterocycles. The van der Waals surface area contributed by atoms with Gasteiger partial charge in [-0.2, -0.15) is 0 Å². The molecule has 108 valence electrons. The number of aliphatic hydroxyl groups excluding tert-OH is 1. The van der Waals surface area contributed by atoms with Gasteiger partial charge in [-0.3, -0.25) is 14.9 Å². The minimum atomic E-state index is -0.943. The molecule has 0 saturated heterocycles. The molecule has 1 rings (SSSR count). The molecule has 1 aromatic rings. The third-order valence-corrected chi connectivity index (χ3v) is 2.46. The van der Waals surface area contributed by atoms with Crippen molar-refractivity contribution in [2.75, 3.05) is 13.2 Å². The number of ether oxygens (including phenoxy) is 1. The number of rotatable bonds is 7. The molecule has 0 fully saturated rings. The molecule has 0 unspecified atom stereocenters. The van der Waals surface area contributed by atoms with Gasteiger partial charge in [0.1, 0.15) is 5.75 Å². The zero-order valence-corrected chi connectivity index (χ0v) is 11.0. The molecule has 2 N–H and O–H groups in total. The first-order chi connectivity index (χ1) is 9.45. The van der Waals surface area contributed by atoms with Crippen molar-refractivity contribution >= 4 is 11.6 Å². The highest BCUT2D eigenvalue weighted by Crippen LogP contribution is 2.29. The number of amides is 1. The van der Waals surface area contributed by atoms with E-state index in [-0.39, 0.29) is 29.5 Å². The number of hydrogen-bond acceptors (Lipinski definition) is 5. The molecular weight excluding hydrogens is 264 g/mol. The third kappa shape index (κ3) is 4.36. The second-order valence-corrected chi connectivity index (χ2v) is 4.04. The summed E-state index contributed by atoms with van der Waals surface area (Å²) < 4.78 is 5.26. The molecule has 1 amide bonds. The van der Waals surface area contributed by atoms with Gasteiger partial charge in [-0.05, 0) is 13.0 Å². The van der Waals surface area contributed by atoms with Crippen molar-refractivity contribution in [1.29, 1.82) is 0 Å². The number of nitro benzene ring substituents is 1. The molecule has 0 heterocycles. The second-order valence-electron chi connectivity index (χ2n) is 4.04. The summed E-state index contributed by atoms with van der Waals surface area (Å²) in [6, 6.07) is 3.84. The topological polar surface area (TPSA) is 102 Å². The maximum atomic E-state index is 11.4. The van der Waals surface area contributed by atoms with Crippen LogP contribution in [-0.2, 0) is 4.79 Å². The van der Waals surface area contributed by atoms with E-state index in [1.165, 1.54) is 31.2 Å². The Labute approximate surface area is 116 Å². The number of nitro groups is 1. The first-order valence-corrected chi connectivity index (χ1v) is 5.92. The fraction of sp³-hybridized carbons (Fsp3) is 0.308. The van der Waals surface area contributed by atoms with Gasteiger partial charge in [0.25, 0.3) is 11.6 Å². The molecule has 20 heavy (non-hydrogen) atoms. The lowest BCUT2D eigenvalue weighted by Gasteiger charge is -2.13. The van der Waals surface area contributed by atoms with E-state index in [0.717, 1.165) is 0 Å². The van der Waals surface area contributed by atoms with Gasteiger partial charge >= 0.3 is 0 Å². The van der Waals surface area contributed by atoms with E-state index in [0.29, 0.717) is 6.54 Å². The summed E-state index contributed by atoms with van der Waals surface area (Å²) >= 11 is 0. The van der Waals surface area contributed by atoms with Crippen LogP contribution in [0.1, 0.15) is 18.6 Å². The number of nitrogens with one attached hydrogen (secondary N) is 1. The predicted molar refractivity (Wildman–Crippen MR) is 72.4 cm³/mol. The molecule has 1 atom stereocenters. The van der Waals surface area contributed by atoms with E-state index in [1.807, 2.05) is 0 Å². The summed E-state index contributed by atoms with van der Waals surface area (Å²) in [6.07, 6.45) is 0.589. The molecule has 0 radical (unpaired) electrons. The maximum Gasteiger partial charge on any atom is 0.270 e. The number of non-ortho nitro benzene ring substituents is 1. The Morgan fingerprint density at radius 3 is 2.90 bits per heavy atom. The van der Waals surface area contributed by atoms with Crippen LogP contribution in [0.5, 0.6) is 5.75 Å². The SMILES string of the molecule is C=CCNC(=O)COc1ccc([N+](=O)[O-])cc1[C@H](C)O. The lowest BCUT2D eigenvalue weighted by Crippen LogP contribution is -2.29. The number of carbonyl (C=O) groups excluding carboxylic acids is 1. The van der Waals surface area contributed by atoms with Crippen LogP contribution < -0.4 is 10.1 Å². The first-order valence-electron chi connectivity index (χ1n) is 5.92. The van der Waals surface area contributed by atoms with Gasteiger partial charge < -0.3 is 15.2 Å². The number of hydrogen-bond donors (Lipinski definition) is 2. The summed E-state index contributed by atoms with van der Waals surface area (Å²) in [5.74, 6) is -0.112. The fourth-order valence-electron chi connectivity index (χ4n) is 1.49. The minimum Gasteiger partial charge on any atom is -0.483 e. The third-order valence-electron chi connectivity index (χ3n) is 2.46. The summed E-state index contributed by atoms with van der Waals surface area (Å²) in [6.45, 7) is 5.00. The van der Waals surface area contributed by atoms with Gasteiger partial charge in [-0.1, -0.05) is 6.08 Å². The zero-order chi connectivity index (χ0) is 15.1. The molecule has 0 aromatic heterocycles. The monoisotopic (exact) mass is 280 g/mol. The summed E-state index contributed by atoms with van der Waals surface area (Å²) in [5, 5.41) is 22.8. The van der Waals surface area contributed by atoms with E-state index in [4.69, 9.17) is 4.74 Å². The van der Waals surface area contributed by atoms with Crippen molar-refractivity contribution in [1.82, 2.24) is 5.32 Å². The Morgan fingerprint density at radius 1 is 1.65 bits per heavy atom. The van der Waals surface area contributed by atoms with Gasteiger partial charge in [-0.25, -0.2) is 0 Å². The lowest BCUT2D eigenvalue weighted by molar-refractivity contribution is -0.385. The minimum absolute atomic E-state index is 0.149. The molecule has 0 spiro atoms. The van der Waals surface area contributed by atoms with E-state index >= 15 is 0 Å². The van der Waals surface area contributed by atoms with Gasteiger partial charge in [0.15, 0.2) is 6.61 Å². The average Bonchev–Trinajstić information content (AvgIpc) is 2.42. The van der Waals surface area contributed by atoms with Crippen LogP contribution in [0.2, 0.25) is 0 Å². The molecule has 7 heteroatoms. The zero-order valence-electron chi connectivity index (χ0n) is 11.0. The van der Waals surface area contributed by atoms with Crippen LogP contribution in [0.3, 0.4) is 0 Å². The second kappa shape index (κ2) is 7.25. The largest absolute Gasteiger partial charge is 0.483 e. The molecular formula is C13H16N2O5. The van der Waals surface area contributed by atoms with Crippen molar-refractivity contribution < 1.29 is 19.6 Å².